The van der Waals surface area contributed by atoms with Crippen molar-refractivity contribution in [1.82, 2.24) is 5.32 Å². The predicted molar refractivity (Wildman–Crippen MR) is 107 cm³/mol. The molecular weight excluding hydrogens is 360 g/mol. The monoisotopic (exact) mass is 386 g/mol. The minimum absolute atomic E-state index is 0.0772. The van der Waals surface area contributed by atoms with Crippen LogP contribution in [0.5, 0.6) is 0 Å². The van der Waals surface area contributed by atoms with Crippen LogP contribution in [-0.2, 0) is 10.0 Å². The van der Waals surface area contributed by atoms with E-state index in [-0.39, 0.29) is 16.8 Å². The highest BCUT2D eigenvalue weighted by Crippen LogP contribution is 2.24. The number of rotatable bonds is 5. The molecule has 1 saturated carbocycles. The zero-order chi connectivity index (χ0) is 19.4. The van der Waals surface area contributed by atoms with Gasteiger partial charge in [-0.1, -0.05) is 38.0 Å². The molecule has 2 aromatic rings. The van der Waals surface area contributed by atoms with E-state index in [0.29, 0.717) is 17.2 Å². The standard InChI is InChI=1S/C21H26N2O3S/c1-15-7-5-10-18(13-15)23-27(25,26)19-11-6-9-17(14-19)21(24)22-20-12-4-3-8-16(20)2/h5-7,9-11,13-14,16,20,23H,3-4,8,12H2,1-2H3,(H,22,24). The smallest absolute Gasteiger partial charge is 0.261 e. The van der Waals surface area contributed by atoms with E-state index < -0.39 is 10.0 Å². The highest BCUT2D eigenvalue weighted by atomic mass is 32.2. The fourth-order valence-electron chi connectivity index (χ4n) is 3.51. The fourth-order valence-corrected chi connectivity index (χ4v) is 4.60. The Kier molecular flexibility index (Phi) is 5.85. The lowest BCUT2D eigenvalue weighted by Crippen LogP contribution is -2.41. The van der Waals surface area contributed by atoms with Crippen LogP contribution in [0.3, 0.4) is 0 Å². The normalized spacial score (nSPS) is 20.1. The molecule has 6 heteroatoms. The zero-order valence-electron chi connectivity index (χ0n) is 15.7. The Morgan fingerprint density at radius 2 is 1.78 bits per heavy atom. The van der Waals surface area contributed by atoms with E-state index in [1.807, 2.05) is 13.0 Å². The molecule has 1 fully saturated rings. The molecule has 0 saturated heterocycles. The minimum atomic E-state index is -3.76. The molecule has 2 unspecified atom stereocenters. The first kappa shape index (κ1) is 19.4. The number of amides is 1. The van der Waals surface area contributed by atoms with E-state index in [9.17, 15) is 13.2 Å². The SMILES string of the molecule is Cc1cccc(NS(=O)(=O)c2cccc(C(=O)NC3CCCCC3C)c2)c1. The molecule has 2 N–H and O–H groups in total. The van der Waals surface area contributed by atoms with Gasteiger partial charge in [0.1, 0.15) is 0 Å². The largest absolute Gasteiger partial charge is 0.349 e. The van der Waals surface area contributed by atoms with Gasteiger partial charge in [-0.2, -0.15) is 0 Å². The molecule has 144 valence electrons. The quantitative estimate of drug-likeness (QED) is 0.812. The second-order valence-electron chi connectivity index (χ2n) is 7.34. The van der Waals surface area contributed by atoms with Crippen molar-refractivity contribution in [1.29, 1.82) is 0 Å². The number of carbonyl (C=O) groups excluding carboxylic acids is 1. The minimum Gasteiger partial charge on any atom is -0.349 e. The Bertz CT molecular complexity index is 925. The highest BCUT2D eigenvalue weighted by molar-refractivity contribution is 7.92. The van der Waals surface area contributed by atoms with Crippen molar-refractivity contribution in [2.24, 2.45) is 5.92 Å². The van der Waals surface area contributed by atoms with Gasteiger partial charge in [0.2, 0.25) is 0 Å². The van der Waals surface area contributed by atoms with Gasteiger partial charge < -0.3 is 5.32 Å². The molecule has 0 heterocycles. The molecule has 0 spiro atoms. The first-order valence-electron chi connectivity index (χ1n) is 9.35. The molecule has 3 rings (SSSR count). The van der Waals surface area contributed by atoms with Gasteiger partial charge in [-0.15, -0.1) is 0 Å². The van der Waals surface area contributed by atoms with Crippen LogP contribution in [-0.4, -0.2) is 20.4 Å². The summed E-state index contributed by atoms with van der Waals surface area (Å²) in [6, 6.07) is 13.5. The summed E-state index contributed by atoms with van der Waals surface area (Å²) in [5.41, 5.74) is 1.82. The van der Waals surface area contributed by atoms with Crippen LogP contribution in [0.25, 0.3) is 0 Å². The summed E-state index contributed by atoms with van der Waals surface area (Å²) in [6.45, 7) is 4.05. The van der Waals surface area contributed by atoms with Gasteiger partial charge in [-0.05, 0) is 61.6 Å². The fraction of sp³-hybridized carbons (Fsp3) is 0.381. The van der Waals surface area contributed by atoms with Gasteiger partial charge in [0, 0.05) is 17.3 Å². The first-order valence-corrected chi connectivity index (χ1v) is 10.8. The van der Waals surface area contributed by atoms with Crippen LogP contribution in [0.15, 0.2) is 53.4 Å². The van der Waals surface area contributed by atoms with Gasteiger partial charge in [-0.25, -0.2) is 8.42 Å². The third-order valence-corrected chi connectivity index (χ3v) is 6.48. The van der Waals surface area contributed by atoms with Crippen molar-refractivity contribution in [2.45, 2.75) is 50.5 Å². The summed E-state index contributed by atoms with van der Waals surface area (Å²) in [6.07, 6.45) is 4.40. The number of nitrogens with one attached hydrogen (secondary N) is 2. The van der Waals surface area contributed by atoms with Crippen molar-refractivity contribution in [3.8, 4) is 0 Å². The van der Waals surface area contributed by atoms with Gasteiger partial charge in [0.05, 0.1) is 4.90 Å². The molecule has 0 aromatic heterocycles. The number of aryl methyl sites for hydroxylation is 1. The topological polar surface area (TPSA) is 75.3 Å². The summed E-state index contributed by atoms with van der Waals surface area (Å²) >= 11 is 0. The van der Waals surface area contributed by atoms with Crippen LogP contribution in [0.4, 0.5) is 5.69 Å². The van der Waals surface area contributed by atoms with E-state index in [1.54, 1.807) is 30.3 Å². The second-order valence-corrected chi connectivity index (χ2v) is 9.03. The third-order valence-electron chi connectivity index (χ3n) is 5.10. The van der Waals surface area contributed by atoms with Crippen molar-refractivity contribution in [3.63, 3.8) is 0 Å². The molecule has 2 atom stereocenters. The van der Waals surface area contributed by atoms with Gasteiger partial charge in [0.25, 0.3) is 15.9 Å². The molecule has 0 aliphatic heterocycles. The van der Waals surface area contributed by atoms with Gasteiger partial charge in [-0.3, -0.25) is 9.52 Å². The van der Waals surface area contributed by atoms with Crippen molar-refractivity contribution < 1.29 is 13.2 Å². The van der Waals surface area contributed by atoms with E-state index in [2.05, 4.69) is 17.0 Å². The predicted octanol–water partition coefficient (Wildman–Crippen LogP) is 4.10. The van der Waals surface area contributed by atoms with Gasteiger partial charge >= 0.3 is 0 Å². The van der Waals surface area contributed by atoms with Crippen molar-refractivity contribution in [2.75, 3.05) is 4.72 Å². The van der Waals surface area contributed by atoms with Crippen LogP contribution in [0.1, 0.15) is 48.5 Å². The van der Waals surface area contributed by atoms with Crippen molar-refractivity contribution >= 4 is 21.6 Å². The summed E-state index contributed by atoms with van der Waals surface area (Å²) in [4.78, 5) is 12.7. The van der Waals surface area contributed by atoms with Crippen LogP contribution in [0.2, 0.25) is 0 Å². The lowest BCUT2D eigenvalue weighted by molar-refractivity contribution is 0.0910. The van der Waals surface area contributed by atoms with Crippen LogP contribution < -0.4 is 10.0 Å². The lowest BCUT2D eigenvalue weighted by atomic mass is 9.86. The molecule has 27 heavy (non-hydrogen) atoms. The average Bonchev–Trinajstić information content (AvgIpc) is 2.63. The first-order chi connectivity index (χ1) is 12.8. The Morgan fingerprint density at radius 1 is 1.04 bits per heavy atom. The summed E-state index contributed by atoms with van der Waals surface area (Å²) in [5.74, 6) is 0.221. The van der Waals surface area contributed by atoms with Crippen LogP contribution >= 0.6 is 0 Å². The number of anilines is 1. The number of benzene rings is 2. The zero-order valence-corrected chi connectivity index (χ0v) is 16.6. The molecule has 1 aliphatic carbocycles. The molecular formula is C21H26N2O3S. The Hall–Kier alpha value is -2.34. The number of sulfonamides is 1. The Balaban J connectivity index is 1.76. The van der Waals surface area contributed by atoms with Crippen molar-refractivity contribution in [3.05, 3.63) is 59.7 Å². The molecule has 1 aliphatic rings. The third kappa shape index (κ3) is 4.89. The molecule has 0 radical (unpaired) electrons. The van der Waals surface area contributed by atoms with E-state index in [0.717, 1.165) is 24.8 Å². The lowest BCUT2D eigenvalue weighted by Gasteiger charge is -2.29. The van der Waals surface area contributed by atoms with Gasteiger partial charge in [0.15, 0.2) is 0 Å². The summed E-state index contributed by atoms with van der Waals surface area (Å²) in [7, 11) is -3.76. The summed E-state index contributed by atoms with van der Waals surface area (Å²) < 4.78 is 27.9. The van der Waals surface area contributed by atoms with Crippen LogP contribution in [0, 0.1) is 12.8 Å². The maximum Gasteiger partial charge on any atom is 0.261 e. The van der Waals surface area contributed by atoms with E-state index >= 15 is 0 Å². The second kappa shape index (κ2) is 8.13. The Labute approximate surface area is 161 Å². The van der Waals surface area contributed by atoms with E-state index in [1.165, 1.54) is 18.6 Å². The summed E-state index contributed by atoms with van der Waals surface area (Å²) in [5, 5.41) is 3.07. The number of hydrogen-bond donors (Lipinski definition) is 2. The molecule has 5 nitrogen and oxygen atoms in total. The van der Waals surface area contributed by atoms with E-state index in [4.69, 9.17) is 0 Å². The Morgan fingerprint density at radius 3 is 2.52 bits per heavy atom. The number of hydrogen-bond acceptors (Lipinski definition) is 3. The molecule has 0 bridgehead atoms. The highest BCUT2D eigenvalue weighted by Gasteiger charge is 2.24. The average molecular weight is 387 g/mol. The molecule has 2 aromatic carbocycles. The number of carbonyl (C=O) groups is 1. The maximum absolute atomic E-state index is 12.7. The molecule has 1 amide bonds. The maximum atomic E-state index is 12.7.